The molecule has 43 heavy (non-hydrogen) atoms. The molecule has 2 saturated heterocycles. The maximum atomic E-state index is 12.9. The van der Waals surface area contributed by atoms with E-state index in [1.807, 2.05) is 30.6 Å². The number of rotatable bonds is 11. The molecule has 2 aliphatic rings. The number of likely N-dealkylation sites (N-methyl/N-ethyl adjacent to an activating group) is 2. The van der Waals surface area contributed by atoms with Crippen LogP contribution in [-0.4, -0.2) is 181 Å². The third-order valence-corrected chi connectivity index (χ3v) is 7.16. The number of carboxylic acid groups (broad SMARTS) is 3. The quantitative estimate of drug-likeness (QED) is 0.175. The van der Waals surface area contributed by atoms with Crippen molar-refractivity contribution in [3.8, 4) is 0 Å². The number of amides is 2. The molecule has 250 valence electrons. The zero-order chi connectivity index (χ0) is 32.6. The summed E-state index contributed by atoms with van der Waals surface area (Å²) in [7, 11) is 0. The molecule has 15 nitrogen and oxygen atoms in total. The number of piperidine rings is 1. The van der Waals surface area contributed by atoms with Crippen molar-refractivity contribution < 1.29 is 39.3 Å². The van der Waals surface area contributed by atoms with E-state index in [-0.39, 0.29) is 44.0 Å². The highest BCUT2D eigenvalue weighted by Crippen LogP contribution is 2.10. The van der Waals surface area contributed by atoms with Gasteiger partial charge in [0.05, 0.1) is 26.2 Å². The minimum absolute atomic E-state index is 0.0259. The van der Waals surface area contributed by atoms with Gasteiger partial charge in [0.2, 0.25) is 11.8 Å². The predicted molar refractivity (Wildman–Crippen MR) is 163 cm³/mol. The van der Waals surface area contributed by atoms with Crippen molar-refractivity contribution in [1.82, 2.24) is 35.1 Å². The minimum atomic E-state index is -0.929. The second-order valence-electron chi connectivity index (χ2n) is 10.2. The number of carboxylic acids is 2. The highest BCUT2D eigenvalue weighted by atomic mass is 16.4. The van der Waals surface area contributed by atoms with E-state index in [1.165, 1.54) is 0 Å². The van der Waals surface area contributed by atoms with Gasteiger partial charge in [-0.3, -0.25) is 43.6 Å². The average Bonchev–Trinajstić information content (AvgIpc) is 2.95. The summed E-state index contributed by atoms with van der Waals surface area (Å²) >= 11 is 0. The molecule has 0 saturated carbocycles. The molecule has 0 aliphatic carbocycles. The predicted octanol–water partition coefficient (Wildman–Crippen LogP) is -1.16. The van der Waals surface area contributed by atoms with E-state index in [0.29, 0.717) is 58.9 Å². The van der Waals surface area contributed by atoms with Crippen LogP contribution in [0.1, 0.15) is 40.5 Å². The van der Waals surface area contributed by atoms with E-state index in [9.17, 15) is 29.4 Å². The lowest BCUT2D eigenvalue weighted by Crippen LogP contribution is -2.51. The maximum absolute atomic E-state index is 12.9. The lowest BCUT2D eigenvalue weighted by molar-refractivity contribution is -0.140. The highest BCUT2D eigenvalue weighted by Gasteiger charge is 2.24. The van der Waals surface area contributed by atoms with Crippen molar-refractivity contribution in [2.24, 2.45) is 0 Å². The Morgan fingerprint density at radius 1 is 0.651 bits per heavy atom. The first kappa shape index (κ1) is 40.1. The number of hydrogen-bond acceptors (Lipinski definition) is 10. The molecule has 0 bridgehead atoms. The molecule has 2 rings (SSSR count). The van der Waals surface area contributed by atoms with Gasteiger partial charge in [-0.05, 0) is 26.3 Å². The first-order valence-corrected chi connectivity index (χ1v) is 15.3. The maximum Gasteiger partial charge on any atom is 0.317 e. The van der Waals surface area contributed by atoms with Crippen molar-refractivity contribution in [2.75, 3.05) is 105 Å². The van der Waals surface area contributed by atoms with E-state index < -0.39 is 11.9 Å². The van der Waals surface area contributed by atoms with Crippen LogP contribution in [0.25, 0.3) is 0 Å². The number of carbonyl (C=O) groups is 5. The summed E-state index contributed by atoms with van der Waals surface area (Å²) in [6, 6.07) is 0.0799. The van der Waals surface area contributed by atoms with Gasteiger partial charge in [-0.1, -0.05) is 20.8 Å². The number of nitrogens with zero attached hydrogens (tertiary/aromatic N) is 5. The molecule has 0 spiro atoms. The molecule has 0 radical (unpaired) electrons. The smallest absolute Gasteiger partial charge is 0.317 e. The standard InChI is InChI=1S/C25H47N7O6.C2H6.CH2O2/c1-3-26-22(33)17-29-7-5-21(6-8-29)27-23(34)18-30-11-9-28(4-2)10-12-31(19-24(35)36)15-16-32(14-13-30)20-25(37)38;1-2;2-1-3/h21H,3-20H2,1-2H3,(H,26,33)(H,27,34)(H,35,36)(H,37,38);1-2H3;1H,(H,2,3). The molecular weight excluding hydrogens is 562 g/mol. The number of carbonyl (C=O) groups excluding carboxylic acids is 2. The highest BCUT2D eigenvalue weighted by molar-refractivity contribution is 5.78. The van der Waals surface area contributed by atoms with Crippen LogP contribution in [0.3, 0.4) is 0 Å². The summed E-state index contributed by atoms with van der Waals surface area (Å²) in [4.78, 5) is 65.9. The van der Waals surface area contributed by atoms with Crippen molar-refractivity contribution in [1.29, 1.82) is 0 Å². The average molecular weight is 618 g/mol. The van der Waals surface area contributed by atoms with Gasteiger partial charge in [0, 0.05) is 78.0 Å². The van der Waals surface area contributed by atoms with Crippen molar-refractivity contribution >= 4 is 30.2 Å². The van der Waals surface area contributed by atoms with Crippen LogP contribution in [-0.2, 0) is 24.0 Å². The monoisotopic (exact) mass is 617 g/mol. The zero-order valence-electron chi connectivity index (χ0n) is 26.5. The number of aliphatic carboxylic acids is 2. The molecule has 0 aromatic rings. The molecule has 2 heterocycles. The Labute approximate surface area is 256 Å². The van der Waals surface area contributed by atoms with E-state index >= 15 is 0 Å². The summed E-state index contributed by atoms with van der Waals surface area (Å²) in [5, 5.41) is 31.5. The third-order valence-electron chi connectivity index (χ3n) is 7.16. The molecule has 2 amide bonds. The second-order valence-corrected chi connectivity index (χ2v) is 10.2. The van der Waals surface area contributed by atoms with E-state index in [4.69, 9.17) is 9.90 Å². The second kappa shape index (κ2) is 24.6. The minimum Gasteiger partial charge on any atom is -0.483 e. The van der Waals surface area contributed by atoms with Crippen LogP contribution in [0, 0.1) is 0 Å². The third kappa shape index (κ3) is 19.9. The van der Waals surface area contributed by atoms with Gasteiger partial charge in [-0.2, -0.15) is 0 Å². The van der Waals surface area contributed by atoms with E-state index in [0.717, 1.165) is 39.0 Å². The van der Waals surface area contributed by atoms with Gasteiger partial charge < -0.3 is 30.9 Å². The summed E-state index contributed by atoms with van der Waals surface area (Å²) < 4.78 is 0. The molecule has 0 atom stereocenters. The largest absolute Gasteiger partial charge is 0.483 e. The first-order chi connectivity index (χ1) is 20.6. The molecular formula is C28H55N7O8. The van der Waals surface area contributed by atoms with E-state index in [2.05, 4.69) is 32.3 Å². The van der Waals surface area contributed by atoms with Gasteiger partial charge in [-0.25, -0.2) is 0 Å². The SMILES string of the molecule is CC.CCNC(=O)CN1CCC(NC(=O)CN2CCN(CC)CCN(CC(=O)O)CCN(CC(=O)O)CC2)CC1.O=CO. The molecule has 5 N–H and O–H groups in total. The van der Waals surface area contributed by atoms with E-state index in [1.54, 1.807) is 0 Å². The van der Waals surface area contributed by atoms with Crippen molar-refractivity contribution in [3.05, 3.63) is 0 Å². The number of nitrogens with one attached hydrogen (secondary N) is 2. The first-order valence-electron chi connectivity index (χ1n) is 15.3. The Bertz CT molecular complexity index is 812. The van der Waals surface area contributed by atoms with Gasteiger partial charge in [0.25, 0.3) is 6.47 Å². The summed E-state index contributed by atoms with van der Waals surface area (Å²) in [6.45, 7) is 15.7. The summed E-state index contributed by atoms with van der Waals surface area (Å²) in [5.74, 6) is -1.84. The fourth-order valence-electron chi connectivity index (χ4n) is 4.92. The van der Waals surface area contributed by atoms with Gasteiger partial charge in [0.15, 0.2) is 0 Å². The van der Waals surface area contributed by atoms with Crippen molar-refractivity contribution in [2.45, 2.75) is 46.6 Å². The zero-order valence-corrected chi connectivity index (χ0v) is 26.5. The van der Waals surface area contributed by atoms with Gasteiger partial charge in [0.1, 0.15) is 0 Å². The normalized spacial score (nSPS) is 18.8. The molecule has 15 heteroatoms. The Balaban J connectivity index is 0.00000331. The Hall–Kier alpha value is -2.85. The lowest BCUT2D eigenvalue weighted by Gasteiger charge is -2.34. The summed E-state index contributed by atoms with van der Waals surface area (Å²) in [6.07, 6.45) is 1.60. The topological polar surface area (TPSA) is 186 Å². The Morgan fingerprint density at radius 2 is 1.00 bits per heavy atom. The number of likely N-dealkylation sites (tertiary alicyclic amines) is 1. The Kier molecular flexibility index (Phi) is 22.9. The van der Waals surface area contributed by atoms with Crippen LogP contribution >= 0.6 is 0 Å². The summed E-state index contributed by atoms with van der Waals surface area (Å²) in [5.41, 5.74) is 0. The molecule has 2 aliphatic heterocycles. The molecule has 0 unspecified atom stereocenters. The van der Waals surface area contributed by atoms with Gasteiger partial charge in [-0.15, -0.1) is 0 Å². The van der Waals surface area contributed by atoms with Gasteiger partial charge >= 0.3 is 11.9 Å². The van der Waals surface area contributed by atoms with Crippen LogP contribution < -0.4 is 10.6 Å². The molecule has 0 aromatic heterocycles. The van der Waals surface area contributed by atoms with Crippen LogP contribution in [0.4, 0.5) is 0 Å². The molecule has 2 fully saturated rings. The Morgan fingerprint density at radius 3 is 1.37 bits per heavy atom. The fourth-order valence-corrected chi connectivity index (χ4v) is 4.92. The fraction of sp³-hybridized carbons (Fsp3) is 0.821. The van der Waals surface area contributed by atoms with Crippen LogP contribution in [0.2, 0.25) is 0 Å². The van der Waals surface area contributed by atoms with Crippen LogP contribution in [0.15, 0.2) is 0 Å². The van der Waals surface area contributed by atoms with Crippen LogP contribution in [0.5, 0.6) is 0 Å². The molecule has 0 aromatic carbocycles. The lowest BCUT2D eigenvalue weighted by atomic mass is 10.0. The number of hydrogen-bond donors (Lipinski definition) is 5. The van der Waals surface area contributed by atoms with Crippen molar-refractivity contribution in [3.63, 3.8) is 0 Å².